The fourth-order valence-electron chi connectivity index (χ4n) is 3.19. The molecule has 1 aromatic heterocycles. The summed E-state index contributed by atoms with van der Waals surface area (Å²) >= 11 is 6.07. The van der Waals surface area contributed by atoms with Crippen LogP contribution in [0, 0.1) is 0 Å². The van der Waals surface area contributed by atoms with E-state index in [4.69, 9.17) is 11.6 Å². The zero-order valence-corrected chi connectivity index (χ0v) is 17.4. The number of carbonyl (C=O) groups is 1. The molecule has 0 spiro atoms. The number of nitrogens with zero attached hydrogens (tertiary/aromatic N) is 4. The van der Waals surface area contributed by atoms with E-state index >= 15 is 0 Å². The number of aliphatic imine (C=N–C) groups is 1. The van der Waals surface area contributed by atoms with Crippen molar-refractivity contribution in [1.29, 1.82) is 0 Å². The van der Waals surface area contributed by atoms with E-state index in [0.29, 0.717) is 23.7 Å². The van der Waals surface area contributed by atoms with Crippen LogP contribution in [0.3, 0.4) is 0 Å². The van der Waals surface area contributed by atoms with Crippen LogP contribution < -0.4 is 15.5 Å². The minimum atomic E-state index is -0.181. The van der Waals surface area contributed by atoms with Crippen molar-refractivity contribution >= 4 is 29.3 Å². The molecule has 2 N–H and O–H groups in total. The number of piperazine rings is 1. The third-order valence-electron chi connectivity index (χ3n) is 4.66. The van der Waals surface area contributed by atoms with Crippen molar-refractivity contribution in [1.82, 2.24) is 20.5 Å². The van der Waals surface area contributed by atoms with Gasteiger partial charge in [0.25, 0.3) is 5.91 Å². The van der Waals surface area contributed by atoms with Crippen LogP contribution in [0.15, 0.2) is 53.7 Å². The molecule has 0 bridgehead atoms. The third kappa shape index (κ3) is 5.84. The van der Waals surface area contributed by atoms with E-state index in [0.717, 1.165) is 44.5 Å². The number of nitrogens with one attached hydrogen (secondary N) is 2. The molecule has 1 aliphatic heterocycles. The van der Waals surface area contributed by atoms with Gasteiger partial charge in [-0.05, 0) is 31.2 Å². The Morgan fingerprint density at radius 3 is 2.55 bits per heavy atom. The van der Waals surface area contributed by atoms with Gasteiger partial charge in [-0.15, -0.1) is 0 Å². The molecule has 154 valence electrons. The molecule has 0 atom stereocenters. The molecule has 3 rings (SSSR count). The van der Waals surface area contributed by atoms with Gasteiger partial charge in [0.05, 0.1) is 17.1 Å². The second-order valence-electron chi connectivity index (χ2n) is 6.63. The Bertz CT molecular complexity index is 821. The normalized spacial score (nSPS) is 14.6. The average Bonchev–Trinajstić information content (AvgIpc) is 2.77. The maximum absolute atomic E-state index is 12.2. The van der Waals surface area contributed by atoms with Crippen LogP contribution in [-0.4, -0.2) is 67.6 Å². The number of pyridine rings is 1. The molecule has 1 amide bonds. The van der Waals surface area contributed by atoms with Gasteiger partial charge < -0.3 is 20.4 Å². The van der Waals surface area contributed by atoms with Gasteiger partial charge >= 0.3 is 0 Å². The van der Waals surface area contributed by atoms with Gasteiger partial charge in [0, 0.05) is 45.5 Å². The number of hydrogen-bond acceptors (Lipinski definition) is 4. The van der Waals surface area contributed by atoms with Crippen LogP contribution in [0.5, 0.6) is 0 Å². The molecular weight excluding hydrogens is 388 g/mol. The first kappa shape index (κ1) is 20.9. The van der Waals surface area contributed by atoms with E-state index < -0.39 is 0 Å². The first-order chi connectivity index (χ1) is 14.2. The summed E-state index contributed by atoms with van der Waals surface area (Å²) in [7, 11) is 0. The van der Waals surface area contributed by atoms with Crippen molar-refractivity contribution < 1.29 is 4.79 Å². The van der Waals surface area contributed by atoms with Gasteiger partial charge in [0.15, 0.2) is 5.96 Å². The number of rotatable bonds is 6. The molecule has 2 aromatic rings. The van der Waals surface area contributed by atoms with Crippen molar-refractivity contribution in [3.05, 3.63) is 59.2 Å². The van der Waals surface area contributed by atoms with Crippen molar-refractivity contribution in [2.75, 3.05) is 50.7 Å². The zero-order chi connectivity index (χ0) is 20.5. The average molecular weight is 415 g/mol. The number of guanidine groups is 1. The Kier molecular flexibility index (Phi) is 7.69. The Morgan fingerprint density at radius 1 is 1.10 bits per heavy atom. The van der Waals surface area contributed by atoms with Crippen molar-refractivity contribution in [2.45, 2.75) is 6.92 Å². The second kappa shape index (κ2) is 10.7. The highest BCUT2D eigenvalue weighted by Gasteiger charge is 2.20. The van der Waals surface area contributed by atoms with Gasteiger partial charge in [0.1, 0.15) is 5.82 Å². The standard InChI is InChI=1S/C21H27ClN6O/c1-2-23-21(26-12-11-25-20(29)17-7-3-4-8-18(17)22)28-15-13-27(14-16-28)19-9-5-6-10-24-19/h3-10H,2,11-16H2,1H3,(H,23,26)(H,25,29). The van der Waals surface area contributed by atoms with Crippen LogP contribution in [-0.2, 0) is 0 Å². The first-order valence-corrected chi connectivity index (χ1v) is 10.3. The summed E-state index contributed by atoms with van der Waals surface area (Å²) in [5.74, 6) is 1.70. The quantitative estimate of drug-likeness (QED) is 0.431. The largest absolute Gasteiger partial charge is 0.357 e. The molecule has 0 aliphatic carbocycles. The number of aromatic nitrogens is 1. The maximum atomic E-state index is 12.2. The number of halogens is 1. The predicted molar refractivity (Wildman–Crippen MR) is 118 cm³/mol. The Morgan fingerprint density at radius 2 is 1.86 bits per heavy atom. The Labute approximate surface area is 176 Å². The summed E-state index contributed by atoms with van der Waals surface area (Å²) in [5.41, 5.74) is 0.482. The van der Waals surface area contributed by atoms with Gasteiger partial charge in [-0.2, -0.15) is 0 Å². The summed E-state index contributed by atoms with van der Waals surface area (Å²) in [6.45, 7) is 7.33. The van der Waals surface area contributed by atoms with E-state index in [1.165, 1.54) is 0 Å². The maximum Gasteiger partial charge on any atom is 0.252 e. The minimum Gasteiger partial charge on any atom is -0.357 e. The molecule has 0 radical (unpaired) electrons. The van der Waals surface area contributed by atoms with Crippen LogP contribution in [0.1, 0.15) is 17.3 Å². The number of carbonyl (C=O) groups excluding carboxylic acids is 1. The fourth-order valence-corrected chi connectivity index (χ4v) is 3.41. The van der Waals surface area contributed by atoms with Crippen molar-refractivity contribution in [3.8, 4) is 0 Å². The fraction of sp³-hybridized carbons (Fsp3) is 0.381. The Balaban J connectivity index is 1.50. The van der Waals surface area contributed by atoms with Gasteiger partial charge in [-0.25, -0.2) is 4.98 Å². The molecular formula is C21H27ClN6O. The molecule has 1 saturated heterocycles. The molecule has 1 aliphatic rings. The highest BCUT2D eigenvalue weighted by atomic mass is 35.5. The summed E-state index contributed by atoms with van der Waals surface area (Å²) in [4.78, 5) is 25.9. The van der Waals surface area contributed by atoms with E-state index in [9.17, 15) is 4.79 Å². The van der Waals surface area contributed by atoms with E-state index in [1.807, 2.05) is 24.4 Å². The minimum absolute atomic E-state index is 0.181. The van der Waals surface area contributed by atoms with E-state index in [2.05, 4.69) is 37.3 Å². The van der Waals surface area contributed by atoms with Crippen LogP contribution >= 0.6 is 11.6 Å². The lowest BCUT2D eigenvalue weighted by Crippen LogP contribution is -2.52. The van der Waals surface area contributed by atoms with Crippen molar-refractivity contribution in [2.24, 2.45) is 4.99 Å². The summed E-state index contributed by atoms with van der Waals surface area (Å²) in [5, 5.41) is 6.67. The van der Waals surface area contributed by atoms with Crippen LogP contribution in [0.2, 0.25) is 5.02 Å². The monoisotopic (exact) mass is 414 g/mol. The summed E-state index contributed by atoms with van der Waals surface area (Å²) in [6.07, 6.45) is 1.82. The smallest absolute Gasteiger partial charge is 0.252 e. The molecule has 29 heavy (non-hydrogen) atoms. The molecule has 2 heterocycles. The topological polar surface area (TPSA) is 72.9 Å². The zero-order valence-electron chi connectivity index (χ0n) is 16.6. The van der Waals surface area contributed by atoms with E-state index in [-0.39, 0.29) is 5.91 Å². The highest BCUT2D eigenvalue weighted by Crippen LogP contribution is 2.14. The first-order valence-electron chi connectivity index (χ1n) is 9.91. The van der Waals surface area contributed by atoms with Gasteiger partial charge in [-0.1, -0.05) is 29.8 Å². The number of benzene rings is 1. The number of hydrogen-bond donors (Lipinski definition) is 2. The van der Waals surface area contributed by atoms with Gasteiger partial charge in [0.2, 0.25) is 0 Å². The highest BCUT2D eigenvalue weighted by molar-refractivity contribution is 6.33. The lowest BCUT2D eigenvalue weighted by Gasteiger charge is -2.37. The Hall–Kier alpha value is -2.80. The lowest BCUT2D eigenvalue weighted by molar-refractivity contribution is 0.0955. The summed E-state index contributed by atoms with van der Waals surface area (Å²) < 4.78 is 0. The summed E-state index contributed by atoms with van der Waals surface area (Å²) in [6, 6.07) is 13.0. The predicted octanol–water partition coefficient (Wildman–Crippen LogP) is 2.25. The number of anilines is 1. The molecule has 0 unspecified atom stereocenters. The lowest BCUT2D eigenvalue weighted by atomic mass is 10.2. The van der Waals surface area contributed by atoms with Crippen LogP contribution in [0.25, 0.3) is 0 Å². The molecule has 8 heteroatoms. The molecule has 7 nitrogen and oxygen atoms in total. The second-order valence-corrected chi connectivity index (χ2v) is 7.04. The van der Waals surface area contributed by atoms with E-state index in [1.54, 1.807) is 24.3 Å². The molecule has 1 fully saturated rings. The molecule has 0 saturated carbocycles. The number of amides is 1. The van der Waals surface area contributed by atoms with Gasteiger partial charge in [-0.3, -0.25) is 9.79 Å². The van der Waals surface area contributed by atoms with Crippen LogP contribution in [0.4, 0.5) is 5.82 Å². The van der Waals surface area contributed by atoms with Crippen molar-refractivity contribution in [3.63, 3.8) is 0 Å². The molecule has 1 aromatic carbocycles. The third-order valence-corrected chi connectivity index (χ3v) is 4.99. The SMILES string of the molecule is CCNC(=NCCNC(=O)c1ccccc1Cl)N1CCN(c2ccccn2)CC1.